The molecule has 19 heavy (non-hydrogen) atoms. The van der Waals surface area contributed by atoms with Crippen molar-refractivity contribution in [1.82, 2.24) is 5.32 Å². The maximum Gasteiger partial charge on any atom is 0.260 e. The summed E-state index contributed by atoms with van der Waals surface area (Å²) in [5, 5.41) is 12.0. The van der Waals surface area contributed by atoms with Crippen LogP contribution in [0.2, 0.25) is 0 Å². The van der Waals surface area contributed by atoms with Gasteiger partial charge < -0.3 is 15.2 Å². The minimum absolute atomic E-state index is 0.0962. The van der Waals surface area contributed by atoms with E-state index in [1.807, 2.05) is 12.1 Å². The summed E-state index contributed by atoms with van der Waals surface area (Å²) in [5.41, 5.74) is 0.688. The van der Waals surface area contributed by atoms with Crippen LogP contribution in [-0.4, -0.2) is 23.7 Å². The Labute approximate surface area is 114 Å². The van der Waals surface area contributed by atoms with E-state index in [1.54, 1.807) is 19.1 Å². The standard InChI is InChI=1S/C15H23NO3/c1-3-4-7-10-16-15(18)12(2)19-14-9-6-5-8-13(14)11-17/h5-6,8-9,12,17H,3-4,7,10-11H2,1-2H3,(H,16,18). The molecule has 1 aromatic rings. The summed E-state index contributed by atoms with van der Waals surface area (Å²) in [7, 11) is 0. The van der Waals surface area contributed by atoms with Gasteiger partial charge in [-0.05, 0) is 19.4 Å². The summed E-state index contributed by atoms with van der Waals surface area (Å²) in [6, 6.07) is 7.18. The Balaban J connectivity index is 2.45. The molecule has 0 aliphatic rings. The number of nitrogens with one attached hydrogen (secondary N) is 1. The first-order valence-electron chi connectivity index (χ1n) is 6.82. The van der Waals surface area contributed by atoms with E-state index in [4.69, 9.17) is 4.74 Å². The van der Waals surface area contributed by atoms with Crippen LogP contribution >= 0.6 is 0 Å². The van der Waals surface area contributed by atoms with E-state index >= 15 is 0 Å². The molecule has 4 heteroatoms. The molecule has 0 saturated carbocycles. The van der Waals surface area contributed by atoms with Gasteiger partial charge in [-0.25, -0.2) is 0 Å². The number of hydrogen-bond donors (Lipinski definition) is 2. The Kier molecular flexibility index (Phi) is 6.97. The summed E-state index contributed by atoms with van der Waals surface area (Å²) in [6.07, 6.45) is 2.67. The zero-order valence-electron chi connectivity index (χ0n) is 11.7. The van der Waals surface area contributed by atoms with Gasteiger partial charge in [-0.1, -0.05) is 38.0 Å². The van der Waals surface area contributed by atoms with E-state index in [9.17, 15) is 9.90 Å². The average molecular weight is 265 g/mol. The molecule has 0 aliphatic carbocycles. The maximum absolute atomic E-state index is 11.8. The van der Waals surface area contributed by atoms with Crippen LogP contribution in [0.25, 0.3) is 0 Å². The smallest absolute Gasteiger partial charge is 0.260 e. The predicted octanol–water partition coefficient (Wildman–Crippen LogP) is 2.25. The number of aliphatic hydroxyl groups excluding tert-OH is 1. The van der Waals surface area contributed by atoms with E-state index in [0.29, 0.717) is 17.9 Å². The van der Waals surface area contributed by atoms with Gasteiger partial charge >= 0.3 is 0 Å². The number of hydrogen-bond acceptors (Lipinski definition) is 3. The van der Waals surface area contributed by atoms with Crippen molar-refractivity contribution < 1.29 is 14.6 Å². The van der Waals surface area contributed by atoms with Crippen LogP contribution in [0.15, 0.2) is 24.3 Å². The first kappa shape index (κ1) is 15.5. The minimum atomic E-state index is -0.561. The van der Waals surface area contributed by atoms with Gasteiger partial charge in [0.05, 0.1) is 6.61 Å². The number of unbranched alkanes of at least 4 members (excludes halogenated alkanes) is 2. The summed E-state index contributed by atoms with van der Waals surface area (Å²) >= 11 is 0. The number of amides is 1. The number of rotatable bonds is 8. The second-order valence-corrected chi connectivity index (χ2v) is 4.52. The Bertz CT molecular complexity index is 393. The monoisotopic (exact) mass is 265 g/mol. The second kappa shape index (κ2) is 8.53. The van der Waals surface area contributed by atoms with Gasteiger partial charge in [-0.3, -0.25) is 4.79 Å². The molecule has 0 aliphatic heterocycles. The van der Waals surface area contributed by atoms with Crippen molar-refractivity contribution in [2.45, 2.75) is 45.8 Å². The van der Waals surface area contributed by atoms with Crippen molar-refractivity contribution in [3.63, 3.8) is 0 Å². The predicted molar refractivity (Wildman–Crippen MR) is 75.0 cm³/mol. The molecule has 0 fully saturated rings. The Morgan fingerprint density at radius 1 is 1.37 bits per heavy atom. The number of carbonyl (C=O) groups is 1. The minimum Gasteiger partial charge on any atom is -0.481 e. The molecule has 1 aromatic carbocycles. The van der Waals surface area contributed by atoms with Crippen molar-refractivity contribution in [3.8, 4) is 5.75 Å². The molecule has 1 amide bonds. The van der Waals surface area contributed by atoms with Gasteiger partial charge in [0.25, 0.3) is 5.91 Å². The zero-order chi connectivity index (χ0) is 14.1. The lowest BCUT2D eigenvalue weighted by atomic mass is 10.2. The molecule has 4 nitrogen and oxygen atoms in total. The SMILES string of the molecule is CCCCCNC(=O)C(C)Oc1ccccc1CO. The van der Waals surface area contributed by atoms with Crippen LogP contribution in [0.3, 0.4) is 0 Å². The van der Waals surface area contributed by atoms with Crippen LogP contribution in [0.4, 0.5) is 0 Å². The topological polar surface area (TPSA) is 58.6 Å². The van der Waals surface area contributed by atoms with Gasteiger partial charge in [-0.15, -0.1) is 0 Å². The molecule has 0 spiro atoms. The van der Waals surface area contributed by atoms with Crippen LogP contribution in [0.1, 0.15) is 38.7 Å². The summed E-state index contributed by atoms with van der Waals surface area (Å²) < 4.78 is 5.58. The molecule has 2 N–H and O–H groups in total. The lowest BCUT2D eigenvalue weighted by molar-refractivity contribution is -0.127. The fourth-order valence-corrected chi connectivity index (χ4v) is 1.72. The highest BCUT2D eigenvalue weighted by atomic mass is 16.5. The van der Waals surface area contributed by atoms with Crippen LogP contribution in [-0.2, 0) is 11.4 Å². The average Bonchev–Trinajstić information content (AvgIpc) is 2.44. The summed E-state index contributed by atoms with van der Waals surface area (Å²) in [5.74, 6) is 0.435. The zero-order valence-corrected chi connectivity index (χ0v) is 11.7. The van der Waals surface area contributed by atoms with Gasteiger partial charge in [0.1, 0.15) is 5.75 Å². The summed E-state index contributed by atoms with van der Waals surface area (Å²) in [4.78, 5) is 11.8. The van der Waals surface area contributed by atoms with Crippen molar-refractivity contribution in [2.24, 2.45) is 0 Å². The number of ether oxygens (including phenoxy) is 1. The molecule has 1 rings (SSSR count). The van der Waals surface area contributed by atoms with Crippen molar-refractivity contribution in [1.29, 1.82) is 0 Å². The summed E-state index contributed by atoms with van der Waals surface area (Å²) in [6.45, 7) is 4.42. The fraction of sp³-hybridized carbons (Fsp3) is 0.533. The molecule has 0 aromatic heterocycles. The van der Waals surface area contributed by atoms with E-state index < -0.39 is 6.10 Å². The van der Waals surface area contributed by atoms with Gasteiger partial charge in [0, 0.05) is 12.1 Å². The van der Waals surface area contributed by atoms with E-state index in [2.05, 4.69) is 12.2 Å². The fourth-order valence-electron chi connectivity index (χ4n) is 1.72. The molecule has 1 atom stereocenters. The Hall–Kier alpha value is -1.55. The van der Waals surface area contributed by atoms with Crippen molar-refractivity contribution in [3.05, 3.63) is 29.8 Å². The highest BCUT2D eigenvalue weighted by molar-refractivity contribution is 5.80. The third-order valence-corrected chi connectivity index (χ3v) is 2.90. The molecule has 0 heterocycles. The van der Waals surface area contributed by atoms with Crippen molar-refractivity contribution >= 4 is 5.91 Å². The van der Waals surface area contributed by atoms with E-state index in [-0.39, 0.29) is 12.5 Å². The van der Waals surface area contributed by atoms with Crippen molar-refractivity contribution in [2.75, 3.05) is 6.54 Å². The molecule has 106 valence electrons. The quantitative estimate of drug-likeness (QED) is 0.709. The third-order valence-electron chi connectivity index (χ3n) is 2.90. The Morgan fingerprint density at radius 3 is 2.79 bits per heavy atom. The third kappa shape index (κ3) is 5.30. The number of carbonyl (C=O) groups excluding carboxylic acids is 1. The van der Waals surface area contributed by atoms with Gasteiger partial charge in [0.2, 0.25) is 0 Å². The van der Waals surface area contributed by atoms with Crippen LogP contribution < -0.4 is 10.1 Å². The molecule has 1 unspecified atom stereocenters. The largest absolute Gasteiger partial charge is 0.481 e. The number of para-hydroxylation sites is 1. The van der Waals surface area contributed by atoms with Gasteiger partial charge in [-0.2, -0.15) is 0 Å². The lowest BCUT2D eigenvalue weighted by Crippen LogP contribution is -2.37. The molecule has 0 saturated heterocycles. The molecular formula is C15H23NO3. The normalized spacial score (nSPS) is 11.9. The van der Waals surface area contributed by atoms with Gasteiger partial charge in [0.15, 0.2) is 6.10 Å². The Morgan fingerprint density at radius 2 is 2.11 bits per heavy atom. The maximum atomic E-state index is 11.8. The lowest BCUT2D eigenvalue weighted by Gasteiger charge is -2.16. The molecule has 0 bridgehead atoms. The highest BCUT2D eigenvalue weighted by Gasteiger charge is 2.15. The number of aliphatic hydroxyl groups is 1. The number of benzene rings is 1. The first-order chi connectivity index (χ1) is 9.19. The van der Waals surface area contributed by atoms with E-state index in [0.717, 1.165) is 19.3 Å². The van der Waals surface area contributed by atoms with Crippen LogP contribution in [0, 0.1) is 0 Å². The molecular weight excluding hydrogens is 242 g/mol. The second-order valence-electron chi connectivity index (χ2n) is 4.52. The van der Waals surface area contributed by atoms with Crippen LogP contribution in [0.5, 0.6) is 5.75 Å². The molecule has 0 radical (unpaired) electrons. The van der Waals surface area contributed by atoms with E-state index in [1.165, 1.54) is 0 Å². The highest BCUT2D eigenvalue weighted by Crippen LogP contribution is 2.19. The first-order valence-corrected chi connectivity index (χ1v) is 6.82.